The molecular formula is C19H20N4O5. The van der Waals surface area contributed by atoms with Gasteiger partial charge < -0.3 is 14.6 Å². The third-order valence-electron chi connectivity index (χ3n) is 5.03. The van der Waals surface area contributed by atoms with Gasteiger partial charge in [-0.05, 0) is 18.2 Å². The molecule has 1 aromatic heterocycles. The number of benzene rings is 2. The van der Waals surface area contributed by atoms with E-state index in [9.17, 15) is 15.2 Å². The molecule has 1 atom stereocenters. The molecule has 0 saturated carbocycles. The monoisotopic (exact) mass is 384 g/mol. The smallest absolute Gasteiger partial charge is 0.271 e. The number of methoxy groups -OCH3 is 2. The number of non-ortho nitro benzene ring substituents is 1. The van der Waals surface area contributed by atoms with Crippen LogP contribution < -0.4 is 9.47 Å². The van der Waals surface area contributed by atoms with E-state index >= 15 is 0 Å². The molecule has 1 aliphatic heterocycles. The van der Waals surface area contributed by atoms with Crippen LogP contribution in [-0.2, 0) is 13.2 Å². The second kappa shape index (κ2) is 7.10. The van der Waals surface area contributed by atoms with Gasteiger partial charge in [-0.15, -0.1) is 0 Å². The Bertz CT molecular complexity index is 1050. The van der Waals surface area contributed by atoms with Crippen molar-refractivity contribution in [2.75, 3.05) is 20.8 Å². The Morgan fingerprint density at radius 2 is 2.00 bits per heavy atom. The van der Waals surface area contributed by atoms with Crippen molar-refractivity contribution in [3.8, 4) is 11.5 Å². The minimum atomic E-state index is -0.745. The number of rotatable bonds is 5. The van der Waals surface area contributed by atoms with Gasteiger partial charge in [0.25, 0.3) is 5.69 Å². The minimum absolute atomic E-state index is 0.0182. The topological polar surface area (TPSA) is 103 Å². The number of aliphatic hydroxyl groups excluding tert-OH is 1. The highest BCUT2D eigenvalue weighted by Crippen LogP contribution is 2.39. The summed E-state index contributed by atoms with van der Waals surface area (Å²) in [6.45, 7) is 1.29. The lowest BCUT2D eigenvalue weighted by Gasteiger charge is -2.33. The summed E-state index contributed by atoms with van der Waals surface area (Å²) >= 11 is 0. The van der Waals surface area contributed by atoms with Crippen LogP contribution in [0.15, 0.2) is 36.5 Å². The second-order valence-electron chi connectivity index (χ2n) is 6.68. The molecular weight excluding hydrogens is 364 g/mol. The average Bonchev–Trinajstić information content (AvgIpc) is 3.09. The molecule has 0 bridgehead atoms. The molecule has 0 spiro atoms. The summed E-state index contributed by atoms with van der Waals surface area (Å²) in [7, 11) is 3.16. The molecule has 4 rings (SSSR count). The summed E-state index contributed by atoms with van der Waals surface area (Å²) in [5.41, 5.74) is 2.29. The summed E-state index contributed by atoms with van der Waals surface area (Å²) in [5, 5.41) is 27.0. The fourth-order valence-corrected chi connectivity index (χ4v) is 3.73. The van der Waals surface area contributed by atoms with E-state index in [0.29, 0.717) is 36.8 Å². The Kier molecular flexibility index (Phi) is 4.62. The summed E-state index contributed by atoms with van der Waals surface area (Å²) in [6.07, 6.45) is 0.932. The van der Waals surface area contributed by atoms with E-state index in [1.807, 2.05) is 11.0 Å². The largest absolute Gasteiger partial charge is 0.496 e. The summed E-state index contributed by atoms with van der Waals surface area (Å²) in [5.74, 6) is 1.31. The van der Waals surface area contributed by atoms with Crippen molar-refractivity contribution < 1.29 is 19.5 Å². The standard InChI is InChI=1S/C19H20N4O5/c1-27-17-5-6-18(28-2)19-14(17)9-21(10-16(19)24)11-22-15-7-13(23(25)26)4-3-12(15)8-20-22/h3-8,16,24H,9-11H2,1-2H3. The molecule has 0 radical (unpaired) electrons. The zero-order valence-electron chi connectivity index (χ0n) is 15.5. The van der Waals surface area contributed by atoms with Crippen LogP contribution in [0.5, 0.6) is 11.5 Å². The number of β-amino-alcohol motifs (C(OH)–C–C–N with tert-alkyl or cyclic N) is 1. The van der Waals surface area contributed by atoms with Crippen LogP contribution in [0.1, 0.15) is 17.2 Å². The zero-order valence-corrected chi connectivity index (χ0v) is 15.5. The fourth-order valence-electron chi connectivity index (χ4n) is 3.73. The van der Waals surface area contributed by atoms with E-state index in [1.165, 1.54) is 12.1 Å². The van der Waals surface area contributed by atoms with Crippen molar-refractivity contribution in [2.45, 2.75) is 19.3 Å². The number of ether oxygens (including phenoxy) is 2. The highest BCUT2D eigenvalue weighted by Gasteiger charge is 2.30. The first-order valence-corrected chi connectivity index (χ1v) is 8.76. The van der Waals surface area contributed by atoms with Gasteiger partial charge in [0.15, 0.2) is 0 Å². The Labute approximate surface area is 160 Å². The molecule has 1 N–H and O–H groups in total. The van der Waals surface area contributed by atoms with Gasteiger partial charge in [0.1, 0.15) is 11.5 Å². The summed E-state index contributed by atoms with van der Waals surface area (Å²) in [4.78, 5) is 12.7. The second-order valence-corrected chi connectivity index (χ2v) is 6.68. The molecule has 0 aliphatic carbocycles. The van der Waals surface area contributed by atoms with Crippen LogP contribution in [-0.4, -0.2) is 45.5 Å². The maximum atomic E-state index is 11.1. The van der Waals surface area contributed by atoms with E-state index in [1.54, 1.807) is 37.2 Å². The number of aromatic nitrogens is 2. The lowest BCUT2D eigenvalue weighted by Crippen LogP contribution is -2.35. The Balaban J connectivity index is 1.67. The van der Waals surface area contributed by atoms with Gasteiger partial charge in [0, 0.05) is 41.7 Å². The van der Waals surface area contributed by atoms with Crippen molar-refractivity contribution in [2.24, 2.45) is 0 Å². The predicted molar refractivity (Wildman–Crippen MR) is 101 cm³/mol. The molecule has 0 fully saturated rings. The fraction of sp³-hybridized carbons (Fsp3) is 0.316. The number of hydrogen-bond acceptors (Lipinski definition) is 7. The molecule has 2 heterocycles. The van der Waals surface area contributed by atoms with Crippen LogP contribution in [0, 0.1) is 10.1 Å². The first-order chi connectivity index (χ1) is 13.5. The van der Waals surface area contributed by atoms with Gasteiger partial charge in [-0.25, -0.2) is 0 Å². The van der Waals surface area contributed by atoms with Crippen LogP contribution in [0.4, 0.5) is 5.69 Å². The molecule has 1 unspecified atom stereocenters. The van der Waals surface area contributed by atoms with E-state index in [2.05, 4.69) is 5.10 Å². The molecule has 9 heteroatoms. The molecule has 1 aliphatic rings. The van der Waals surface area contributed by atoms with E-state index in [-0.39, 0.29) is 5.69 Å². The van der Waals surface area contributed by atoms with Gasteiger partial charge >= 0.3 is 0 Å². The lowest BCUT2D eigenvalue weighted by atomic mass is 9.95. The van der Waals surface area contributed by atoms with Gasteiger partial charge in [-0.2, -0.15) is 5.10 Å². The minimum Gasteiger partial charge on any atom is -0.496 e. The third kappa shape index (κ3) is 3.04. The highest BCUT2D eigenvalue weighted by atomic mass is 16.6. The Morgan fingerprint density at radius 1 is 1.25 bits per heavy atom. The zero-order chi connectivity index (χ0) is 19.8. The van der Waals surface area contributed by atoms with Crippen LogP contribution in [0.25, 0.3) is 10.9 Å². The van der Waals surface area contributed by atoms with E-state index < -0.39 is 11.0 Å². The van der Waals surface area contributed by atoms with Crippen molar-refractivity contribution in [3.63, 3.8) is 0 Å². The number of fused-ring (bicyclic) bond motifs is 2. The van der Waals surface area contributed by atoms with E-state index in [4.69, 9.17) is 9.47 Å². The predicted octanol–water partition coefficient (Wildman–Crippen LogP) is 2.47. The van der Waals surface area contributed by atoms with Gasteiger partial charge in [-0.1, -0.05) is 0 Å². The normalized spacial score (nSPS) is 16.8. The number of nitrogens with zero attached hydrogens (tertiary/aromatic N) is 4. The van der Waals surface area contributed by atoms with Crippen molar-refractivity contribution in [1.29, 1.82) is 0 Å². The first kappa shape index (κ1) is 18.2. The first-order valence-electron chi connectivity index (χ1n) is 8.76. The van der Waals surface area contributed by atoms with E-state index in [0.717, 1.165) is 16.5 Å². The molecule has 2 aromatic carbocycles. The van der Waals surface area contributed by atoms with Crippen LogP contribution in [0.2, 0.25) is 0 Å². The highest BCUT2D eigenvalue weighted by molar-refractivity contribution is 5.80. The molecule has 9 nitrogen and oxygen atoms in total. The number of nitro benzene ring substituents is 1. The van der Waals surface area contributed by atoms with Crippen molar-refractivity contribution >= 4 is 16.6 Å². The average molecular weight is 384 g/mol. The van der Waals surface area contributed by atoms with Gasteiger partial charge in [0.2, 0.25) is 0 Å². The molecule has 28 heavy (non-hydrogen) atoms. The number of hydrogen-bond donors (Lipinski definition) is 1. The number of aliphatic hydroxyl groups is 1. The molecule has 146 valence electrons. The maximum absolute atomic E-state index is 11.1. The Morgan fingerprint density at radius 3 is 2.71 bits per heavy atom. The summed E-state index contributed by atoms with van der Waals surface area (Å²) < 4.78 is 12.6. The van der Waals surface area contributed by atoms with Crippen molar-refractivity contribution in [1.82, 2.24) is 14.7 Å². The maximum Gasteiger partial charge on any atom is 0.271 e. The van der Waals surface area contributed by atoms with Crippen LogP contribution in [0.3, 0.4) is 0 Å². The lowest BCUT2D eigenvalue weighted by molar-refractivity contribution is -0.384. The number of nitro groups is 1. The van der Waals surface area contributed by atoms with Crippen molar-refractivity contribution in [3.05, 3.63) is 57.8 Å². The quantitative estimate of drug-likeness (QED) is 0.532. The van der Waals surface area contributed by atoms with Gasteiger partial charge in [0.05, 0.1) is 43.6 Å². The SMILES string of the molecule is COc1ccc(OC)c2c1CN(Cn1ncc3ccc([N+](=O)[O-])cc31)CC2O. The Hall–Kier alpha value is -3.17. The van der Waals surface area contributed by atoms with Gasteiger partial charge in [-0.3, -0.25) is 19.7 Å². The molecule has 0 saturated heterocycles. The molecule has 0 amide bonds. The summed E-state index contributed by atoms with van der Waals surface area (Å²) in [6, 6.07) is 8.27. The van der Waals surface area contributed by atoms with Crippen LogP contribution >= 0.6 is 0 Å². The third-order valence-corrected chi connectivity index (χ3v) is 5.03. The molecule has 3 aromatic rings.